The molecule has 4 aliphatic rings. The van der Waals surface area contributed by atoms with E-state index in [1.54, 1.807) is 11.8 Å². The minimum atomic E-state index is -0.757. The van der Waals surface area contributed by atoms with Gasteiger partial charge in [-0.25, -0.2) is 4.79 Å². The fourth-order valence-electron chi connectivity index (χ4n) is 5.97. The number of carboxylic acid groups (broad SMARTS) is 1. The topological polar surface area (TPSA) is 64.1 Å². The van der Waals surface area contributed by atoms with Gasteiger partial charge in [-0.2, -0.15) is 0 Å². The molecule has 0 aromatic carbocycles. The van der Waals surface area contributed by atoms with Gasteiger partial charge in [0.1, 0.15) is 0 Å². The minimum Gasteiger partial charge on any atom is -0.465 e. The molecule has 1 saturated carbocycles. The lowest BCUT2D eigenvalue weighted by Gasteiger charge is -2.52. The van der Waals surface area contributed by atoms with Gasteiger partial charge in [0, 0.05) is 38.6 Å². The largest absolute Gasteiger partial charge is 0.465 e. The Morgan fingerprint density at radius 2 is 1.76 bits per heavy atom. The summed E-state index contributed by atoms with van der Waals surface area (Å²) >= 11 is 0. The molecule has 25 heavy (non-hydrogen) atoms. The van der Waals surface area contributed by atoms with Gasteiger partial charge in [0.25, 0.3) is 0 Å². The molecule has 0 bridgehead atoms. The standard InChI is InChI=1S/C19H31N3O3/c1-14(23)22-7-2-3-17(22)15-4-8-20(9-5-15)16-11-19(12-16)6-10-21(13-19)18(24)25/h15-17H,2-13H2,1H3,(H,24,25). The smallest absolute Gasteiger partial charge is 0.407 e. The van der Waals surface area contributed by atoms with E-state index in [1.807, 2.05) is 0 Å². The molecule has 6 heteroatoms. The van der Waals surface area contributed by atoms with Crippen LogP contribution in [0.2, 0.25) is 0 Å². The Balaban J connectivity index is 1.25. The van der Waals surface area contributed by atoms with Crippen molar-refractivity contribution >= 4 is 12.0 Å². The average molecular weight is 349 g/mol. The zero-order valence-corrected chi connectivity index (χ0v) is 15.3. The number of hydrogen-bond donors (Lipinski definition) is 1. The van der Waals surface area contributed by atoms with Crippen molar-refractivity contribution in [1.29, 1.82) is 0 Å². The fraction of sp³-hybridized carbons (Fsp3) is 0.895. The van der Waals surface area contributed by atoms with Crippen molar-refractivity contribution in [1.82, 2.24) is 14.7 Å². The van der Waals surface area contributed by atoms with E-state index in [4.69, 9.17) is 5.11 Å². The van der Waals surface area contributed by atoms with E-state index in [0.717, 1.165) is 39.0 Å². The molecule has 0 aromatic heterocycles. The SMILES string of the molecule is CC(=O)N1CCCC1C1CCN(C2CC3(CCN(C(=O)O)C3)C2)CC1. The summed E-state index contributed by atoms with van der Waals surface area (Å²) in [6.45, 7) is 6.42. The highest BCUT2D eigenvalue weighted by Crippen LogP contribution is 2.50. The van der Waals surface area contributed by atoms with Gasteiger partial charge in [-0.1, -0.05) is 0 Å². The highest BCUT2D eigenvalue weighted by molar-refractivity contribution is 5.74. The third kappa shape index (κ3) is 3.14. The monoisotopic (exact) mass is 349 g/mol. The van der Waals surface area contributed by atoms with Crippen LogP contribution >= 0.6 is 0 Å². The fourth-order valence-corrected chi connectivity index (χ4v) is 5.97. The third-order valence-electron chi connectivity index (χ3n) is 7.38. The van der Waals surface area contributed by atoms with Crippen molar-refractivity contribution in [3.63, 3.8) is 0 Å². The first-order chi connectivity index (χ1) is 12.0. The first-order valence-corrected chi connectivity index (χ1v) is 9.97. The summed E-state index contributed by atoms with van der Waals surface area (Å²) in [4.78, 5) is 29.3. The zero-order chi connectivity index (χ0) is 17.6. The lowest BCUT2D eigenvalue weighted by Crippen LogP contribution is -2.55. The summed E-state index contributed by atoms with van der Waals surface area (Å²) in [6, 6.07) is 1.13. The van der Waals surface area contributed by atoms with Crippen LogP contribution in [0, 0.1) is 11.3 Å². The number of amides is 2. The lowest BCUT2D eigenvalue weighted by atomic mass is 9.64. The van der Waals surface area contributed by atoms with Crippen molar-refractivity contribution in [2.45, 2.75) is 64.0 Å². The molecule has 4 rings (SSSR count). The molecule has 4 fully saturated rings. The summed E-state index contributed by atoms with van der Waals surface area (Å²) in [5.74, 6) is 0.917. The van der Waals surface area contributed by atoms with E-state index in [9.17, 15) is 9.59 Å². The van der Waals surface area contributed by atoms with E-state index in [2.05, 4.69) is 9.80 Å². The molecule has 140 valence electrons. The quantitative estimate of drug-likeness (QED) is 0.830. The Kier molecular flexibility index (Phi) is 4.42. The van der Waals surface area contributed by atoms with Gasteiger partial charge in [0.15, 0.2) is 0 Å². The van der Waals surface area contributed by atoms with Gasteiger partial charge in [0.05, 0.1) is 0 Å². The average Bonchev–Trinajstić information content (AvgIpc) is 3.21. The number of likely N-dealkylation sites (tertiary alicyclic amines) is 3. The molecular formula is C19H31N3O3. The molecule has 3 saturated heterocycles. The summed E-state index contributed by atoms with van der Waals surface area (Å²) in [5, 5.41) is 9.16. The van der Waals surface area contributed by atoms with Crippen molar-refractivity contribution < 1.29 is 14.7 Å². The number of carbonyl (C=O) groups excluding carboxylic acids is 1. The minimum absolute atomic E-state index is 0.245. The van der Waals surface area contributed by atoms with Crippen LogP contribution in [0.15, 0.2) is 0 Å². The van der Waals surface area contributed by atoms with Crippen LogP contribution in [0.1, 0.15) is 51.9 Å². The van der Waals surface area contributed by atoms with Gasteiger partial charge in [-0.3, -0.25) is 4.79 Å². The van der Waals surface area contributed by atoms with Crippen molar-refractivity contribution in [3.05, 3.63) is 0 Å². The van der Waals surface area contributed by atoms with Crippen LogP contribution in [-0.2, 0) is 4.79 Å². The Morgan fingerprint density at radius 3 is 2.36 bits per heavy atom. The van der Waals surface area contributed by atoms with Crippen molar-refractivity contribution in [3.8, 4) is 0 Å². The highest BCUT2D eigenvalue weighted by atomic mass is 16.4. The van der Waals surface area contributed by atoms with Crippen LogP contribution in [0.4, 0.5) is 4.79 Å². The van der Waals surface area contributed by atoms with Gasteiger partial charge in [0.2, 0.25) is 5.91 Å². The van der Waals surface area contributed by atoms with Crippen LogP contribution in [0.3, 0.4) is 0 Å². The summed E-state index contributed by atoms with van der Waals surface area (Å²) in [7, 11) is 0. The second-order valence-corrected chi connectivity index (χ2v) is 8.81. The molecule has 1 N–H and O–H groups in total. The predicted octanol–water partition coefficient (Wildman–Crippen LogP) is 2.24. The van der Waals surface area contributed by atoms with Crippen LogP contribution < -0.4 is 0 Å². The van der Waals surface area contributed by atoms with E-state index in [0.29, 0.717) is 24.5 Å². The maximum Gasteiger partial charge on any atom is 0.407 e. The zero-order valence-electron chi connectivity index (χ0n) is 15.3. The second kappa shape index (κ2) is 6.45. The van der Waals surface area contributed by atoms with Gasteiger partial charge in [-0.05, 0) is 69.4 Å². The number of rotatable bonds is 2. The first-order valence-electron chi connectivity index (χ1n) is 9.97. The molecule has 3 heterocycles. The van der Waals surface area contributed by atoms with Crippen molar-refractivity contribution in [2.75, 3.05) is 32.7 Å². The molecule has 1 aliphatic carbocycles. The summed E-state index contributed by atoms with van der Waals surface area (Å²) in [6.07, 6.45) is 7.39. The van der Waals surface area contributed by atoms with Crippen molar-refractivity contribution in [2.24, 2.45) is 11.3 Å². The van der Waals surface area contributed by atoms with Gasteiger partial charge in [-0.15, -0.1) is 0 Å². The lowest BCUT2D eigenvalue weighted by molar-refractivity contribution is -0.131. The van der Waals surface area contributed by atoms with Crippen LogP contribution in [-0.4, -0.2) is 76.6 Å². The number of nitrogens with zero attached hydrogens (tertiary/aromatic N) is 3. The number of hydrogen-bond acceptors (Lipinski definition) is 3. The molecule has 3 aliphatic heterocycles. The maximum absolute atomic E-state index is 11.8. The number of piperidine rings is 1. The molecule has 1 unspecified atom stereocenters. The Labute approximate surface area is 150 Å². The van der Waals surface area contributed by atoms with Gasteiger partial charge < -0.3 is 19.8 Å². The van der Waals surface area contributed by atoms with Crippen LogP contribution in [0.5, 0.6) is 0 Å². The normalized spacial score (nSPS) is 36.8. The van der Waals surface area contributed by atoms with E-state index in [1.165, 1.54) is 32.1 Å². The van der Waals surface area contributed by atoms with E-state index in [-0.39, 0.29) is 11.3 Å². The third-order valence-corrected chi connectivity index (χ3v) is 7.38. The number of carbonyl (C=O) groups is 2. The van der Waals surface area contributed by atoms with Crippen LogP contribution in [0.25, 0.3) is 0 Å². The maximum atomic E-state index is 11.8. The molecule has 2 amide bonds. The molecule has 6 nitrogen and oxygen atoms in total. The Morgan fingerprint density at radius 1 is 1.04 bits per heavy atom. The van der Waals surface area contributed by atoms with E-state index < -0.39 is 6.09 Å². The van der Waals surface area contributed by atoms with Gasteiger partial charge >= 0.3 is 6.09 Å². The second-order valence-electron chi connectivity index (χ2n) is 8.81. The predicted molar refractivity (Wildman–Crippen MR) is 94.4 cm³/mol. The summed E-state index contributed by atoms with van der Waals surface area (Å²) < 4.78 is 0. The van der Waals surface area contributed by atoms with E-state index >= 15 is 0 Å². The molecule has 1 atom stereocenters. The highest BCUT2D eigenvalue weighted by Gasteiger charge is 2.51. The molecule has 1 spiro atoms. The Hall–Kier alpha value is -1.30. The summed E-state index contributed by atoms with van der Waals surface area (Å²) in [5.41, 5.74) is 0.275. The first kappa shape index (κ1) is 17.1. The molecular weight excluding hydrogens is 318 g/mol. The molecule has 0 aromatic rings. The molecule has 0 radical (unpaired) electrons. The Bertz CT molecular complexity index is 538.